The molecule has 0 aliphatic carbocycles. The van der Waals surface area contributed by atoms with Crippen LogP contribution in [0.5, 0.6) is 0 Å². The number of hydrogen-bond donors (Lipinski definition) is 0. The Morgan fingerprint density at radius 3 is 1.03 bits per heavy atom. The normalized spacial score (nSPS) is 11.3. The monoisotopic (exact) mass is 462 g/mol. The van der Waals surface area contributed by atoms with E-state index in [1.165, 1.54) is 0 Å². The molecule has 0 saturated heterocycles. The summed E-state index contributed by atoms with van der Waals surface area (Å²) in [5, 5.41) is 2.15. The summed E-state index contributed by atoms with van der Waals surface area (Å²) in [7, 11) is 0. The average molecular weight is 463 g/mol. The van der Waals surface area contributed by atoms with Crippen LogP contribution in [0.4, 0.5) is 0 Å². The Morgan fingerprint density at radius 1 is 0.333 bits per heavy atom. The standard InChI is InChI=1S/C34H22O2/c1-5-13-23(14-6-1)31-27-21-28-30(22-29(27)35-33(31)25-17-9-3-10-18-25)36-34(26-19-11-4-12-20-26)32(28)24-15-7-2-8-16-24/h1-22H. The molecule has 0 atom stereocenters. The van der Waals surface area contributed by atoms with Crippen LogP contribution >= 0.6 is 0 Å². The molecule has 0 N–H and O–H groups in total. The Kier molecular flexibility index (Phi) is 4.82. The van der Waals surface area contributed by atoms with Crippen LogP contribution in [-0.4, -0.2) is 0 Å². The maximum atomic E-state index is 6.55. The molecule has 0 bridgehead atoms. The topological polar surface area (TPSA) is 26.3 Å². The molecule has 0 spiro atoms. The fourth-order valence-electron chi connectivity index (χ4n) is 5.06. The first-order valence-corrected chi connectivity index (χ1v) is 12.1. The second-order valence-electron chi connectivity index (χ2n) is 8.92. The van der Waals surface area contributed by atoms with E-state index in [0.717, 1.165) is 66.8 Å². The predicted octanol–water partition coefficient (Wildman–Crippen LogP) is 9.85. The molecule has 5 aromatic carbocycles. The molecule has 2 heterocycles. The van der Waals surface area contributed by atoms with E-state index < -0.39 is 0 Å². The van der Waals surface area contributed by atoms with Crippen LogP contribution in [0.2, 0.25) is 0 Å². The second-order valence-corrected chi connectivity index (χ2v) is 8.92. The first-order valence-electron chi connectivity index (χ1n) is 12.1. The highest BCUT2D eigenvalue weighted by Crippen LogP contribution is 2.46. The van der Waals surface area contributed by atoms with E-state index in [1.807, 2.05) is 54.6 Å². The fraction of sp³-hybridized carbons (Fsp3) is 0. The highest BCUT2D eigenvalue weighted by molar-refractivity contribution is 6.11. The first kappa shape index (κ1) is 20.5. The minimum absolute atomic E-state index is 0.813. The van der Waals surface area contributed by atoms with Gasteiger partial charge in [0.1, 0.15) is 22.7 Å². The predicted molar refractivity (Wildman–Crippen MR) is 148 cm³/mol. The zero-order valence-corrected chi connectivity index (χ0v) is 19.5. The molecule has 2 heteroatoms. The number of rotatable bonds is 4. The van der Waals surface area contributed by atoms with Crippen molar-refractivity contribution in [3.8, 4) is 44.9 Å². The van der Waals surface area contributed by atoms with E-state index >= 15 is 0 Å². The van der Waals surface area contributed by atoms with Crippen LogP contribution in [-0.2, 0) is 0 Å². The van der Waals surface area contributed by atoms with Crippen molar-refractivity contribution in [2.45, 2.75) is 0 Å². The van der Waals surface area contributed by atoms with Crippen molar-refractivity contribution in [1.82, 2.24) is 0 Å². The molecule has 36 heavy (non-hydrogen) atoms. The molecule has 170 valence electrons. The van der Waals surface area contributed by atoms with Gasteiger partial charge in [-0.25, -0.2) is 0 Å². The van der Waals surface area contributed by atoms with Gasteiger partial charge in [-0.05, 0) is 17.2 Å². The summed E-state index contributed by atoms with van der Waals surface area (Å²) < 4.78 is 13.1. The molecule has 2 nitrogen and oxygen atoms in total. The highest BCUT2D eigenvalue weighted by Gasteiger charge is 2.23. The first-order chi connectivity index (χ1) is 17.9. The summed E-state index contributed by atoms with van der Waals surface area (Å²) in [6.07, 6.45) is 0. The summed E-state index contributed by atoms with van der Waals surface area (Å²) in [5.41, 5.74) is 8.18. The number of furan rings is 2. The second kappa shape index (κ2) is 8.44. The molecule has 2 aromatic heterocycles. The quantitative estimate of drug-likeness (QED) is 0.260. The lowest BCUT2D eigenvalue weighted by molar-refractivity contribution is 0.620. The molecule has 0 aliphatic rings. The molecule has 0 radical (unpaired) electrons. The van der Waals surface area contributed by atoms with Gasteiger partial charge in [-0.15, -0.1) is 0 Å². The number of hydrogen-bond acceptors (Lipinski definition) is 2. The zero-order valence-electron chi connectivity index (χ0n) is 19.5. The van der Waals surface area contributed by atoms with Crippen LogP contribution in [0.15, 0.2) is 142 Å². The summed E-state index contributed by atoms with van der Waals surface area (Å²) in [6, 6.07) is 45.8. The van der Waals surface area contributed by atoms with Gasteiger partial charge in [0.05, 0.1) is 0 Å². The molecule has 0 unspecified atom stereocenters. The van der Waals surface area contributed by atoms with Gasteiger partial charge in [0.25, 0.3) is 0 Å². The van der Waals surface area contributed by atoms with Crippen molar-refractivity contribution in [1.29, 1.82) is 0 Å². The van der Waals surface area contributed by atoms with Crippen molar-refractivity contribution < 1.29 is 8.83 Å². The van der Waals surface area contributed by atoms with Crippen molar-refractivity contribution >= 4 is 21.9 Å². The van der Waals surface area contributed by atoms with Crippen molar-refractivity contribution in [3.63, 3.8) is 0 Å². The summed E-state index contributed by atoms with van der Waals surface area (Å²) >= 11 is 0. The minimum atomic E-state index is 0.813. The van der Waals surface area contributed by atoms with Gasteiger partial charge in [0.2, 0.25) is 0 Å². The lowest BCUT2D eigenvalue weighted by Gasteiger charge is -2.05. The number of fused-ring (bicyclic) bond motifs is 2. The van der Waals surface area contributed by atoms with E-state index in [9.17, 15) is 0 Å². The smallest absolute Gasteiger partial charge is 0.143 e. The van der Waals surface area contributed by atoms with Gasteiger partial charge >= 0.3 is 0 Å². The Balaban J connectivity index is 1.58. The third kappa shape index (κ3) is 3.35. The zero-order chi connectivity index (χ0) is 23.9. The van der Waals surface area contributed by atoms with Gasteiger partial charge in [-0.3, -0.25) is 0 Å². The Hall–Kier alpha value is -4.82. The van der Waals surface area contributed by atoms with Crippen molar-refractivity contribution in [2.75, 3.05) is 0 Å². The van der Waals surface area contributed by atoms with E-state index in [-0.39, 0.29) is 0 Å². The van der Waals surface area contributed by atoms with Gasteiger partial charge in [0.15, 0.2) is 0 Å². The minimum Gasteiger partial charge on any atom is -0.455 e. The third-order valence-electron chi connectivity index (χ3n) is 6.70. The van der Waals surface area contributed by atoms with E-state index in [4.69, 9.17) is 8.83 Å². The van der Waals surface area contributed by atoms with E-state index in [2.05, 4.69) is 78.9 Å². The molecule has 7 rings (SSSR count). The lowest BCUT2D eigenvalue weighted by Crippen LogP contribution is -1.82. The third-order valence-corrected chi connectivity index (χ3v) is 6.70. The lowest BCUT2D eigenvalue weighted by atomic mass is 9.95. The Bertz CT molecular complexity index is 1660. The molecular formula is C34H22O2. The highest BCUT2D eigenvalue weighted by atomic mass is 16.3. The summed E-state index contributed by atoms with van der Waals surface area (Å²) in [5.74, 6) is 1.74. The molecule has 0 amide bonds. The van der Waals surface area contributed by atoms with Crippen molar-refractivity contribution in [3.05, 3.63) is 133 Å². The van der Waals surface area contributed by atoms with Crippen LogP contribution in [0.3, 0.4) is 0 Å². The SMILES string of the molecule is c1ccc(-c2oc3cc4oc(-c5ccccc5)c(-c5ccccc5)c4cc3c2-c2ccccc2)cc1. The average Bonchev–Trinajstić information content (AvgIpc) is 3.52. The number of benzene rings is 5. The van der Waals surface area contributed by atoms with Gasteiger partial charge in [0, 0.05) is 39.1 Å². The van der Waals surface area contributed by atoms with Crippen LogP contribution in [0.25, 0.3) is 66.8 Å². The molecule has 7 aromatic rings. The van der Waals surface area contributed by atoms with Gasteiger partial charge < -0.3 is 8.83 Å². The Morgan fingerprint density at radius 2 is 0.667 bits per heavy atom. The van der Waals surface area contributed by atoms with Crippen molar-refractivity contribution in [2.24, 2.45) is 0 Å². The molecule has 0 fully saturated rings. The van der Waals surface area contributed by atoms with Crippen LogP contribution < -0.4 is 0 Å². The summed E-state index contributed by atoms with van der Waals surface area (Å²) in [6.45, 7) is 0. The maximum absolute atomic E-state index is 6.55. The van der Waals surface area contributed by atoms with Crippen LogP contribution in [0, 0.1) is 0 Å². The fourth-order valence-corrected chi connectivity index (χ4v) is 5.06. The molecule has 0 aliphatic heterocycles. The maximum Gasteiger partial charge on any atom is 0.143 e. The molecule has 0 saturated carbocycles. The summed E-state index contributed by atoms with van der Waals surface area (Å²) in [4.78, 5) is 0. The molecular weight excluding hydrogens is 440 g/mol. The van der Waals surface area contributed by atoms with Gasteiger partial charge in [-0.1, -0.05) is 121 Å². The van der Waals surface area contributed by atoms with Gasteiger partial charge in [-0.2, -0.15) is 0 Å². The Labute approximate surface area is 209 Å². The largest absolute Gasteiger partial charge is 0.455 e. The van der Waals surface area contributed by atoms with Crippen LogP contribution in [0.1, 0.15) is 0 Å². The van der Waals surface area contributed by atoms with E-state index in [0.29, 0.717) is 0 Å². The van der Waals surface area contributed by atoms with E-state index in [1.54, 1.807) is 0 Å².